The summed E-state index contributed by atoms with van der Waals surface area (Å²) in [6.07, 6.45) is 0.373. The maximum absolute atomic E-state index is 12.9. The molecule has 3 amide bonds. The van der Waals surface area contributed by atoms with E-state index in [9.17, 15) is 9.59 Å². The predicted molar refractivity (Wildman–Crippen MR) is 100 cm³/mol. The van der Waals surface area contributed by atoms with Crippen LogP contribution in [-0.4, -0.2) is 52.4 Å². The predicted octanol–water partition coefficient (Wildman–Crippen LogP) is 3.69. The van der Waals surface area contributed by atoms with Gasteiger partial charge in [0.25, 0.3) is 0 Å². The van der Waals surface area contributed by atoms with Crippen LogP contribution in [0.5, 0.6) is 0 Å². The van der Waals surface area contributed by atoms with Crippen molar-refractivity contribution in [3.63, 3.8) is 0 Å². The number of hydrogen-bond donors (Lipinski definition) is 1. The molecule has 134 valence electrons. The van der Waals surface area contributed by atoms with E-state index in [-0.39, 0.29) is 30.5 Å². The summed E-state index contributed by atoms with van der Waals surface area (Å²) in [7, 11) is 1.70. The molecule has 3 rings (SSSR count). The van der Waals surface area contributed by atoms with Gasteiger partial charge in [0.2, 0.25) is 5.91 Å². The molecule has 0 bridgehead atoms. The Morgan fingerprint density at radius 3 is 2.60 bits per heavy atom. The molecule has 2 aliphatic heterocycles. The molecule has 2 heterocycles. The van der Waals surface area contributed by atoms with Crippen LogP contribution in [0.3, 0.4) is 0 Å². The summed E-state index contributed by atoms with van der Waals surface area (Å²) in [4.78, 5) is 29.2. The van der Waals surface area contributed by atoms with Crippen molar-refractivity contribution in [2.24, 2.45) is 5.92 Å². The molecule has 0 saturated carbocycles. The van der Waals surface area contributed by atoms with Crippen LogP contribution in [0.25, 0.3) is 4.91 Å². The Kier molecular flexibility index (Phi) is 5.34. The first kappa shape index (κ1) is 18.6. The number of aliphatic hydroxyl groups excluding tert-OH is 1. The molecule has 1 aromatic rings. The summed E-state index contributed by atoms with van der Waals surface area (Å²) in [6, 6.07) is 5.05. The smallest absolute Gasteiger partial charge is 0.327 e. The van der Waals surface area contributed by atoms with Gasteiger partial charge in [-0.05, 0) is 36.6 Å². The van der Waals surface area contributed by atoms with Crippen LogP contribution < -0.4 is 0 Å². The van der Waals surface area contributed by atoms with Gasteiger partial charge in [-0.2, -0.15) is 0 Å². The Hall–Kier alpha value is -1.21. The topological polar surface area (TPSA) is 60.9 Å². The first-order chi connectivity index (χ1) is 11.9. The van der Waals surface area contributed by atoms with Crippen LogP contribution in [-0.2, 0) is 4.79 Å². The molecular weight excluding hydrogens is 383 g/mol. The van der Waals surface area contributed by atoms with E-state index >= 15 is 0 Å². The number of urea groups is 1. The SMILES string of the molecule is CC1=C(c2ccc(Cl)c(Cl)c2)SC2C1C(=O)N(CCCO)C(=O)N2C. The third kappa shape index (κ3) is 3.16. The minimum Gasteiger partial charge on any atom is -0.396 e. The monoisotopic (exact) mass is 400 g/mol. The average Bonchev–Trinajstić information content (AvgIpc) is 2.93. The van der Waals surface area contributed by atoms with Gasteiger partial charge >= 0.3 is 6.03 Å². The molecule has 2 unspecified atom stereocenters. The Morgan fingerprint density at radius 2 is 1.96 bits per heavy atom. The zero-order chi connectivity index (χ0) is 18.3. The second-order valence-electron chi connectivity index (χ2n) is 6.09. The molecule has 1 N–H and O–H groups in total. The Morgan fingerprint density at radius 1 is 1.24 bits per heavy atom. The lowest BCUT2D eigenvalue weighted by Gasteiger charge is -2.40. The van der Waals surface area contributed by atoms with Crippen molar-refractivity contribution in [2.75, 3.05) is 20.2 Å². The third-order valence-electron chi connectivity index (χ3n) is 4.52. The summed E-state index contributed by atoms with van der Waals surface area (Å²) in [5.41, 5.74) is 1.81. The number of carbonyl (C=O) groups excluding carboxylic acids is 2. The van der Waals surface area contributed by atoms with Crippen LogP contribution in [0.2, 0.25) is 10.0 Å². The van der Waals surface area contributed by atoms with Gasteiger partial charge in [0, 0.05) is 25.1 Å². The average molecular weight is 401 g/mol. The lowest BCUT2D eigenvalue weighted by molar-refractivity contribution is -0.135. The van der Waals surface area contributed by atoms with Gasteiger partial charge in [0.05, 0.1) is 21.3 Å². The van der Waals surface area contributed by atoms with Gasteiger partial charge < -0.3 is 10.0 Å². The van der Waals surface area contributed by atoms with Crippen molar-refractivity contribution in [1.82, 2.24) is 9.80 Å². The largest absolute Gasteiger partial charge is 0.396 e. The number of nitrogens with zero attached hydrogens (tertiary/aromatic N) is 2. The van der Waals surface area contributed by atoms with Gasteiger partial charge in [-0.1, -0.05) is 41.0 Å². The van der Waals surface area contributed by atoms with Gasteiger partial charge in [-0.15, -0.1) is 0 Å². The van der Waals surface area contributed by atoms with Gasteiger partial charge in [-0.3, -0.25) is 9.69 Å². The van der Waals surface area contributed by atoms with Crippen LogP contribution in [0.1, 0.15) is 18.9 Å². The molecule has 0 radical (unpaired) electrons. The molecule has 25 heavy (non-hydrogen) atoms. The molecule has 1 saturated heterocycles. The lowest BCUT2D eigenvalue weighted by atomic mass is 9.94. The van der Waals surface area contributed by atoms with Crippen molar-refractivity contribution in [1.29, 1.82) is 0 Å². The van der Waals surface area contributed by atoms with E-state index in [1.807, 2.05) is 13.0 Å². The molecule has 0 aromatic heterocycles. The van der Waals surface area contributed by atoms with Crippen molar-refractivity contribution < 1.29 is 14.7 Å². The summed E-state index contributed by atoms with van der Waals surface area (Å²) in [5, 5.41) is 9.67. The number of rotatable bonds is 4. The number of carbonyl (C=O) groups is 2. The highest BCUT2D eigenvalue weighted by Crippen LogP contribution is 2.51. The summed E-state index contributed by atoms with van der Waals surface area (Å²) in [5.74, 6) is -0.600. The van der Waals surface area contributed by atoms with E-state index in [1.165, 1.54) is 16.7 Å². The van der Waals surface area contributed by atoms with Crippen molar-refractivity contribution in [3.8, 4) is 0 Å². The van der Waals surface area contributed by atoms with Crippen LogP contribution in [0.4, 0.5) is 4.79 Å². The first-order valence-corrected chi connectivity index (χ1v) is 9.52. The standard InChI is InChI=1S/C17H18Cl2N2O3S/c1-9-13-15(23)21(6-3-7-22)17(24)20(2)16(13)25-14(9)10-4-5-11(18)12(19)8-10/h4-5,8,13,16,22H,3,6-7H2,1-2H3. The molecule has 0 spiro atoms. The summed E-state index contributed by atoms with van der Waals surface area (Å²) >= 11 is 13.6. The number of benzene rings is 1. The first-order valence-electron chi connectivity index (χ1n) is 7.88. The van der Waals surface area contributed by atoms with Gasteiger partial charge in [0.15, 0.2) is 0 Å². The molecule has 2 aliphatic rings. The van der Waals surface area contributed by atoms with E-state index < -0.39 is 5.92 Å². The Balaban J connectivity index is 1.96. The minimum absolute atomic E-state index is 0.0625. The Labute approximate surface area is 160 Å². The molecule has 5 nitrogen and oxygen atoms in total. The summed E-state index contributed by atoms with van der Waals surface area (Å²) < 4.78 is 0. The fourth-order valence-corrected chi connectivity index (χ4v) is 5.00. The quantitative estimate of drug-likeness (QED) is 0.836. The number of thioether (sulfide) groups is 1. The van der Waals surface area contributed by atoms with E-state index in [0.29, 0.717) is 16.5 Å². The highest BCUT2D eigenvalue weighted by molar-refractivity contribution is 8.09. The zero-order valence-electron chi connectivity index (χ0n) is 13.8. The van der Waals surface area contributed by atoms with Crippen LogP contribution in [0.15, 0.2) is 23.8 Å². The summed E-state index contributed by atoms with van der Waals surface area (Å²) in [6.45, 7) is 2.08. The normalized spacial score (nSPS) is 23.6. The van der Waals surface area contributed by atoms with Crippen LogP contribution >= 0.6 is 35.0 Å². The lowest BCUT2D eigenvalue weighted by Crippen LogP contribution is -2.58. The number of amides is 3. The third-order valence-corrected chi connectivity index (χ3v) is 6.88. The highest BCUT2D eigenvalue weighted by atomic mass is 35.5. The molecular formula is C17H18Cl2N2O3S. The van der Waals surface area contributed by atoms with Gasteiger partial charge in [0.1, 0.15) is 0 Å². The molecule has 0 aliphatic carbocycles. The minimum atomic E-state index is -0.393. The number of halogens is 2. The fourth-order valence-electron chi connectivity index (χ4n) is 3.18. The van der Waals surface area contributed by atoms with E-state index in [2.05, 4.69) is 0 Å². The number of fused-ring (bicyclic) bond motifs is 1. The number of imide groups is 1. The molecule has 8 heteroatoms. The second kappa shape index (κ2) is 7.19. The molecule has 2 atom stereocenters. The highest BCUT2D eigenvalue weighted by Gasteiger charge is 2.50. The maximum Gasteiger partial charge on any atom is 0.327 e. The van der Waals surface area contributed by atoms with E-state index in [4.69, 9.17) is 28.3 Å². The maximum atomic E-state index is 12.9. The van der Waals surface area contributed by atoms with E-state index in [1.54, 1.807) is 24.1 Å². The van der Waals surface area contributed by atoms with Crippen LogP contribution in [0, 0.1) is 5.92 Å². The van der Waals surface area contributed by atoms with Crippen molar-refractivity contribution in [3.05, 3.63) is 39.4 Å². The molecule has 1 fully saturated rings. The number of aliphatic hydroxyl groups is 1. The van der Waals surface area contributed by atoms with Crippen molar-refractivity contribution in [2.45, 2.75) is 18.7 Å². The zero-order valence-corrected chi connectivity index (χ0v) is 16.2. The molecule has 1 aromatic carbocycles. The Bertz CT molecular complexity index is 768. The van der Waals surface area contributed by atoms with Crippen molar-refractivity contribution >= 4 is 51.8 Å². The second-order valence-corrected chi connectivity index (χ2v) is 8.03. The van der Waals surface area contributed by atoms with E-state index in [0.717, 1.165) is 16.0 Å². The number of hydrogen-bond acceptors (Lipinski definition) is 4. The fraction of sp³-hybridized carbons (Fsp3) is 0.412. The van der Waals surface area contributed by atoms with Gasteiger partial charge in [-0.25, -0.2) is 4.79 Å².